The maximum absolute atomic E-state index is 5.99. The van der Waals surface area contributed by atoms with Crippen molar-refractivity contribution >= 4 is 40.9 Å². The third-order valence-corrected chi connectivity index (χ3v) is 4.84. The summed E-state index contributed by atoms with van der Waals surface area (Å²) in [5, 5.41) is 16.2. The van der Waals surface area contributed by atoms with Gasteiger partial charge in [0.15, 0.2) is 5.96 Å². The molecule has 29 heavy (non-hydrogen) atoms. The van der Waals surface area contributed by atoms with Crippen molar-refractivity contribution < 1.29 is 4.42 Å². The zero-order valence-corrected chi connectivity index (χ0v) is 19.9. The summed E-state index contributed by atoms with van der Waals surface area (Å²) in [4.78, 5) is 4.76. The molecule has 2 atom stereocenters. The van der Waals surface area contributed by atoms with Gasteiger partial charge in [0.25, 0.3) is 0 Å². The number of rotatable bonds is 8. The van der Waals surface area contributed by atoms with Crippen molar-refractivity contribution in [1.29, 1.82) is 0 Å². The van der Waals surface area contributed by atoms with E-state index in [0.717, 1.165) is 47.9 Å². The zero-order valence-electron chi connectivity index (χ0n) is 17.6. The van der Waals surface area contributed by atoms with Crippen LogP contribution < -0.4 is 10.6 Å². The number of aryl methyl sites for hydroxylation is 1. The Labute approximate surface area is 189 Å². The lowest BCUT2D eigenvalue weighted by molar-refractivity contribution is 0.484. The van der Waals surface area contributed by atoms with Gasteiger partial charge in [-0.2, -0.15) is 0 Å². The lowest BCUT2D eigenvalue weighted by Gasteiger charge is -2.20. The SMILES string of the molecule is CCc1nncn1CCN=C(NC(C)CC)NC(C)c1cc2ccccc2o1.I. The van der Waals surface area contributed by atoms with E-state index in [9.17, 15) is 0 Å². The van der Waals surface area contributed by atoms with Gasteiger partial charge in [0.2, 0.25) is 0 Å². The quantitative estimate of drug-likeness (QED) is 0.269. The molecule has 0 saturated carbocycles. The van der Waals surface area contributed by atoms with E-state index in [4.69, 9.17) is 9.41 Å². The van der Waals surface area contributed by atoms with Crippen molar-refractivity contribution in [1.82, 2.24) is 25.4 Å². The number of guanidine groups is 1. The summed E-state index contributed by atoms with van der Waals surface area (Å²) in [7, 11) is 0. The average Bonchev–Trinajstić information content (AvgIpc) is 3.34. The number of hydrogen-bond donors (Lipinski definition) is 2. The molecule has 0 radical (unpaired) electrons. The van der Waals surface area contributed by atoms with Crippen molar-refractivity contribution in [3.05, 3.63) is 48.2 Å². The van der Waals surface area contributed by atoms with Crippen molar-refractivity contribution in [2.75, 3.05) is 6.54 Å². The van der Waals surface area contributed by atoms with Gasteiger partial charge in [0.1, 0.15) is 23.5 Å². The molecule has 0 fully saturated rings. The Morgan fingerprint density at radius 3 is 2.72 bits per heavy atom. The van der Waals surface area contributed by atoms with Crippen LogP contribution in [0.15, 0.2) is 46.1 Å². The fourth-order valence-corrected chi connectivity index (χ4v) is 2.97. The highest BCUT2D eigenvalue weighted by Crippen LogP contribution is 2.23. The van der Waals surface area contributed by atoms with Crippen LogP contribution in [0.3, 0.4) is 0 Å². The number of fused-ring (bicyclic) bond motifs is 1. The summed E-state index contributed by atoms with van der Waals surface area (Å²) in [6.45, 7) is 9.86. The maximum atomic E-state index is 5.99. The number of aromatic nitrogens is 3. The third kappa shape index (κ3) is 6.19. The highest BCUT2D eigenvalue weighted by molar-refractivity contribution is 14.0. The summed E-state index contributed by atoms with van der Waals surface area (Å²) < 4.78 is 8.04. The van der Waals surface area contributed by atoms with Crippen LogP contribution in [0.25, 0.3) is 11.0 Å². The van der Waals surface area contributed by atoms with Crippen LogP contribution in [-0.2, 0) is 13.0 Å². The minimum absolute atomic E-state index is 0. The Hall–Kier alpha value is -2.10. The summed E-state index contributed by atoms with van der Waals surface area (Å²) in [5.74, 6) is 2.66. The number of hydrogen-bond acceptors (Lipinski definition) is 4. The van der Waals surface area contributed by atoms with Crippen LogP contribution in [0.5, 0.6) is 0 Å². The van der Waals surface area contributed by atoms with E-state index in [-0.39, 0.29) is 30.0 Å². The van der Waals surface area contributed by atoms with E-state index in [1.54, 1.807) is 6.33 Å². The van der Waals surface area contributed by atoms with Crippen LogP contribution in [-0.4, -0.2) is 33.3 Å². The second-order valence-corrected chi connectivity index (χ2v) is 7.03. The average molecular weight is 510 g/mol. The van der Waals surface area contributed by atoms with Gasteiger partial charge >= 0.3 is 0 Å². The molecule has 3 rings (SSSR count). The first-order chi connectivity index (χ1) is 13.6. The van der Waals surface area contributed by atoms with E-state index in [0.29, 0.717) is 12.6 Å². The second kappa shape index (κ2) is 11.2. The molecule has 0 saturated heterocycles. The maximum Gasteiger partial charge on any atom is 0.192 e. The van der Waals surface area contributed by atoms with Gasteiger partial charge in [-0.1, -0.05) is 32.0 Å². The normalized spacial score (nSPS) is 13.7. The molecule has 2 heterocycles. The Bertz CT molecular complexity index is 886. The highest BCUT2D eigenvalue weighted by Gasteiger charge is 2.14. The number of benzene rings is 1. The van der Waals surface area contributed by atoms with Gasteiger partial charge < -0.3 is 19.6 Å². The second-order valence-electron chi connectivity index (χ2n) is 7.03. The summed E-state index contributed by atoms with van der Waals surface area (Å²) in [5.41, 5.74) is 0.902. The fourth-order valence-electron chi connectivity index (χ4n) is 2.97. The molecule has 2 N–H and O–H groups in total. The van der Waals surface area contributed by atoms with Gasteiger partial charge in [-0.15, -0.1) is 34.2 Å². The zero-order chi connectivity index (χ0) is 19.9. The first kappa shape index (κ1) is 23.2. The first-order valence-electron chi connectivity index (χ1n) is 10.0. The lowest BCUT2D eigenvalue weighted by atomic mass is 10.2. The molecule has 7 nitrogen and oxygen atoms in total. The summed E-state index contributed by atoms with van der Waals surface area (Å²) in [6, 6.07) is 10.5. The molecule has 158 valence electrons. The molecule has 8 heteroatoms. The van der Waals surface area contributed by atoms with E-state index in [1.807, 2.05) is 22.8 Å². The number of furan rings is 1. The predicted molar refractivity (Wildman–Crippen MR) is 128 cm³/mol. The molecule has 0 spiro atoms. The third-order valence-electron chi connectivity index (χ3n) is 4.84. The molecule has 0 amide bonds. The van der Waals surface area contributed by atoms with Gasteiger partial charge in [-0.3, -0.25) is 4.99 Å². The number of nitrogens with zero attached hydrogens (tertiary/aromatic N) is 4. The van der Waals surface area contributed by atoms with Gasteiger partial charge in [0, 0.05) is 24.4 Å². The molecular formula is C21H31IN6O. The molecule has 0 aliphatic carbocycles. The Balaban J connectivity index is 0.00000300. The summed E-state index contributed by atoms with van der Waals surface area (Å²) in [6.07, 6.45) is 3.65. The monoisotopic (exact) mass is 510 g/mol. The number of aliphatic imine (C=N–C) groups is 1. The Kier molecular flexibility index (Phi) is 8.94. The fraction of sp³-hybridized carbons (Fsp3) is 0.476. The minimum atomic E-state index is 0. The highest BCUT2D eigenvalue weighted by atomic mass is 127. The Morgan fingerprint density at radius 2 is 2.00 bits per heavy atom. The van der Waals surface area contributed by atoms with Crippen LogP contribution in [0, 0.1) is 0 Å². The first-order valence-corrected chi connectivity index (χ1v) is 10.0. The van der Waals surface area contributed by atoms with E-state index < -0.39 is 0 Å². The van der Waals surface area contributed by atoms with Gasteiger partial charge in [-0.25, -0.2) is 0 Å². The standard InChI is InChI=1S/C21H30N6O.HI/c1-5-15(3)24-21(22-11-12-27-14-23-26-20(27)6-2)25-16(4)19-13-17-9-7-8-10-18(17)28-19;/h7-10,13-16H,5-6,11-12H2,1-4H3,(H2,22,24,25);1H. The topological polar surface area (TPSA) is 80.3 Å². The number of para-hydroxylation sites is 1. The van der Waals surface area contributed by atoms with E-state index in [2.05, 4.69) is 60.7 Å². The van der Waals surface area contributed by atoms with Crippen molar-refractivity contribution in [2.45, 2.75) is 59.2 Å². The van der Waals surface area contributed by atoms with Gasteiger partial charge in [0.05, 0.1) is 12.6 Å². The molecular weight excluding hydrogens is 479 g/mol. The summed E-state index contributed by atoms with van der Waals surface area (Å²) >= 11 is 0. The van der Waals surface area contributed by atoms with Crippen LogP contribution >= 0.6 is 24.0 Å². The largest absolute Gasteiger partial charge is 0.459 e. The van der Waals surface area contributed by atoms with Crippen LogP contribution in [0.4, 0.5) is 0 Å². The molecule has 3 aromatic rings. The Morgan fingerprint density at radius 1 is 1.21 bits per heavy atom. The van der Waals surface area contributed by atoms with Crippen molar-refractivity contribution in [3.63, 3.8) is 0 Å². The lowest BCUT2D eigenvalue weighted by Crippen LogP contribution is -2.43. The minimum Gasteiger partial charge on any atom is -0.459 e. The smallest absolute Gasteiger partial charge is 0.192 e. The molecule has 0 aliphatic heterocycles. The molecule has 0 bridgehead atoms. The number of halogens is 1. The van der Waals surface area contributed by atoms with Crippen molar-refractivity contribution in [2.24, 2.45) is 4.99 Å². The van der Waals surface area contributed by atoms with Gasteiger partial charge in [-0.05, 0) is 32.4 Å². The molecule has 2 unspecified atom stereocenters. The molecule has 2 aromatic heterocycles. The molecule has 1 aromatic carbocycles. The van der Waals surface area contributed by atoms with E-state index >= 15 is 0 Å². The number of nitrogens with one attached hydrogen (secondary N) is 2. The van der Waals surface area contributed by atoms with Crippen LogP contribution in [0.2, 0.25) is 0 Å². The predicted octanol–water partition coefficient (Wildman–Crippen LogP) is 4.30. The van der Waals surface area contributed by atoms with E-state index in [1.165, 1.54) is 0 Å². The molecule has 0 aliphatic rings. The van der Waals surface area contributed by atoms with Crippen LogP contribution in [0.1, 0.15) is 51.7 Å². The van der Waals surface area contributed by atoms with Crippen molar-refractivity contribution in [3.8, 4) is 0 Å².